The average Bonchev–Trinajstić information content (AvgIpc) is 2.98. The number of allylic oxidation sites excluding steroid dienone is 1. The maximum atomic E-state index is 9.14. The van der Waals surface area contributed by atoms with Crippen LogP contribution in [0, 0.1) is 11.3 Å². The van der Waals surface area contributed by atoms with Crippen molar-refractivity contribution in [2.24, 2.45) is 7.05 Å². The fourth-order valence-electron chi connectivity index (χ4n) is 2.58. The summed E-state index contributed by atoms with van der Waals surface area (Å²) in [6.45, 7) is 2.04. The second kappa shape index (κ2) is 6.42. The lowest BCUT2D eigenvalue weighted by Gasteiger charge is -2.12. The van der Waals surface area contributed by atoms with Crippen molar-refractivity contribution in [1.29, 1.82) is 5.26 Å². The number of nitriles is 1. The number of hydrogen-bond donors (Lipinski definition) is 2. The van der Waals surface area contributed by atoms with Crippen molar-refractivity contribution < 1.29 is 5.11 Å². The van der Waals surface area contributed by atoms with Gasteiger partial charge in [-0.25, -0.2) is 9.97 Å². The molecule has 0 amide bonds. The van der Waals surface area contributed by atoms with Gasteiger partial charge in [-0.05, 0) is 29.7 Å². The molecule has 0 aliphatic carbocycles. The lowest BCUT2D eigenvalue weighted by molar-refractivity contribution is 0.476. The number of fused-ring (bicyclic) bond motifs is 1. The molecule has 120 valence electrons. The molecule has 24 heavy (non-hydrogen) atoms. The van der Waals surface area contributed by atoms with Gasteiger partial charge in [0.2, 0.25) is 0 Å². The monoisotopic (exact) mass is 319 g/mol. The predicted octanol–water partition coefficient (Wildman–Crippen LogP) is 3.70. The number of aryl methyl sites for hydroxylation is 2. The van der Waals surface area contributed by atoms with E-state index in [0.717, 1.165) is 40.8 Å². The lowest BCUT2D eigenvalue weighted by Crippen LogP contribution is -1.99. The van der Waals surface area contributed by atoms with Crippen molar-refractivity contribution in [3.63, 3.8) is 0 Å². The molecule has 6 nitrogen and oxygen atoms in total. The Morgan fingerprint density at radius 1 is 1.38 bits per heavy atom. The van der Waals surface area contributed by atoms with Crippen LogP contribution in [0.5, 0.6) is 0 Å². The van der Waals surface area contributed by atoms with Crippen LogP contribution < -0.4 is 5.32 Å². The van der Waals surface area contributed by atoms with E-state index in [9.17, 15) is 0 Å². The molecule has 0 aliphatic rings. The van der Waals surface area contributed by atoms with E-state index in [0.29, 0.717) is 5.56 Å². The minimum absolute atomic E-state index is 0.241. The van der Waals surface area contributed by atoms with Gasteiger partial charge in [0.15, 0.2) is 0 Å². The van der Waals surface area contributed by atoms with Crippen LogP contribution in [0.2, 0.25) is 0 Å². The first-order chi connectivity index (χ1) is 11.7. The van der Waals surface area contributed by atoms with Crippen molar-refractivity contribution in [3.8, 4) is 6.07 Å². The molecule has 0 unspecified atom stereocenters. The first-order valence-electron chi connectivity index (χ1n) is 7.58. The number of nitrogens with one attached hydrogen (secondary N) is 1. The van der Waals surface area contributed by atoms with E-state index >= 15 is 0 Å². The third-order valence-corrected chi connectivity index (χ3v) is 3.92. The van der Waals surface area contributed by atoms with E-state index in [4.69, 9.17) is 10.4 Å². The minimum Gasteiger partial charge on any atom is -0.514 e. The van der Waals surface area contributed by atoms with Gasteiger partial charge in [-0.1, -0.05) is 13.0 Å². The SMILES string of the molecule is CCc1cc(/C(C#N)=C\O)ccc1Nc1cc2c(cn1)ncn2C. The fourth-order valence-corrected chi connectivity index (χ4v) is 2.58. The number of aromatic nitrogens is 3. The van der Waals surface area contributed by atoms with Gasteiger partial charge in [-0.15, -0.1) is 0 Å². The van der Waals surface area contributed by atoms with Crippen LogP contribution in [-0.4, -0.2) is 19.6 Å². The van der Waals surface area contributed by atoms with Crippen LogP contribution in [0.15, 0.2) is 43.1 Å². The van der Waals surface area contributed by atoms with Gasteiger partial charge >= 0.3 is 0 Å². The quantitative estimate of drug-likeness (QED) is 0.565. The highest BCUT2D eigenvalue weighted by molar-refractivity contribution is 5.80. The Kier molecular flexibility index (Phi) is 4.17. The van der Waals surface area contributed by atoms with Gasteiger partial charge in [0.25, 0.3) is 0 Å². The molecular formula is C18H17N5O. The number of aliphatic hydroxyl groups is 1. The summed E-state index contributed by atoms with van der Waals surface area (Å²) in [6, 6.07) is 9.52. The summed E-state index contributed by atoms with van der Waals surface area (Å²) in [5, 5.41) is 21.5. The van der Waals surface area contributed by atoms with Crippen LogP contribution in [0.1, 0.15) is 18.1 Å². The van der Waals surface area contributed by atoms with Crippen molar-refractivity contribution in [3.05, 3.63) is 54.2 Å². The van der Waals surface area contributed by atoms with Gasteiger partial charge in [0.05, 0.1) is 29.9 Å². The summed E-state index contributed by atoms with van der Waals surface area (Å²) in [5.74, 6) is 0.728. The first kappa shape index (κ1) is 15.6. The normalized spacial score (nSPS) is 11.5. The number of nitrogens with zero attached hydrogens (tertiary/aromatic N) is 4. The fraction of sp³-hybridized carbons (Fsp3) is 0.167. The molecule has 0 spiro atoms. The Hall–Kier alpha value is -3.33. The Morgan fingerprint density at radius 3 is 2.92 bits per heavy atom. The van der Waals surface area contributed by atoms with E-state index in [2.05, 4.69) is 15.3 Å². The van der Waals surface area contributed by atoms with Crippen LogP contribution >= 0.6 is 0 Å². The molecule has 6 heteroatoms. The molecule has 0 atom stereocenters. The molecule has 0 saturated carbocycles. The number of rotatable bonds is 4. The van der Waals surface area contributed by atoms with Gasteiger partial charge in [-0.3, -0.25) is 0 Å². The number of aliphatic hydroxyl groups excluding tert-OH is 1. The standard InChI is InChI=1S/C18H17N5O/c1-3-12-6-13(14(8-19)10-24)4-5-15(12)22-18-7-17-16(9-20-18)21-11-23(17)2/h4-7,9-11,24H,3H2,1-2H3,(H,20,22)/b14-10-. The molecular weight excluding hydrogens is 302 g/mol. The highest BCUT2D eigenvalue weighted by Gasteiger charge is 2.08. The molecule has 1 aromatic carbocycles. The van der Waals surface area contributed by atoms with Crippen molar-refractivity contribution in [1.82, 2.24) is 14.5 Å². The molecule has 0 fully saturated rings. The summed E-state index contributed by atoms with van der Waals surface area (Å²) in [7, 11) is 1.94. The maximum absolute atomic E-state index is 9.14. The number of benzene rings is 1. The van der Waals surface area contributed by atoms with E-state index in [1.807, 2.05) is 42.8 Å². The zero-order valence-corrected chi connectivity index (χ0v) is 13.5. The third-order valence-electron chi connectivity index (χ3n) is 3.92. The Bertz CT molecular complexity index is 965. The lowest BCUT2D eigenvalue weighted by atomic mass is 10.0. The summed E-state index contributed by atoms with van der Waals surface area (Å²) in [6.07, 6.45) is 5.11. The number of hydrogen-bond acceptors (Lipinski definition) is 5. The van der Waals surface area contributed by atoms with E-state index in [1.54, 1.807) is 18.6 Å². The zero-order valence-electron chi connectivity index (χ0n) is 13.5. The third kappa shape index (κ3) is 2.79. The van der Waals surface area contributed by atoms with E-state index in [1.165, 1.54) is 0 Å². The van der Waals surface area contributed by atoms with Crippen LogP contribution in [0.25, 0.3) is 16.6 Å². The molecule has 3 rings (SSSR count). The second-order valence-electron chi connectivity index (χ2n) is 5.42. The second-order valence-corrected chi connectivity index (χ2v) is 5.42. The van der Waals surface area contributed by atoms with Gasteiger partial charge in [-0.2, -0.15) is 5.26 Å². The molecule has 2 heterocycles. The molecule has 0 bridgehead atoms. The number of imidazole rings is 1. The number of pyridine rings is 1. The first-order valence-corrected chi connectivity index (χ1v) is 7.58. The molecule has 2 N–H and O–H groups in total. The highest BCUT2D eigenvalue weighted by atomic mass is 16.2. The summed E-state index contributed by atoms with van der Waals surface area (Å²) in [4.78, 5) is 8.65. The molecule has 3 aromatic rings. The molecule has 0 saturated heterocycles. The minimum atomic E-state index is 0.241. The van der Waals surface area contributed by atoms with Gasteiger partial charge in [0, 0.05) is 18.8 Å². The highest BCUT2D eigenvalue weighted by Crippen LogP contribution is 2.26. The smallest absolute Gasteiger partial charge is 0.132 e. The van der Waals surface area contributed by atoms with Gasteiger partial charge < -0.3 is 15.0 Å². The Balaban J connectivity index is 1.96. The number of anilines is 2. The molecule has 0 aliphatic heterocycles. The van der Waals surface area contributed by atoms with E-state index in [-0.39, 0.29) is 5.57 Å². The topological polar surface area (TPSA) is 86.8 Å². The van der Waals surface area contributed by atoms with Crippen molar-refractivity contribution in [2.45, 2.75) is 13.3 Å². The zero-order chi connectivity index (χ0) is 17.1. The van der Waals surface area contributed by atoms with Gasteiger partial charge in [0.1, 0.15) is 17.4 Å². The average molecular weight is 319 g/mol. The van der Waals surface area contributed by atoms with Crippen LogP contribution in [0.3, 0.4) is 0 Å². The predicted molar refractivity (Wildman–Crippen MR) is 93.8 cm³/mol. The maximum Gasteiger partial charge on any atom is 0.132 e. The summed E-state index contributed by atoms with van der Waals surface area (Å²) < 4.78 is 1.94. The molecule has 2 aromatic heterocycles. The summed E-state index contributed by atoms with van der Waals surface area (Å²) >= 11 is 0. The molecule has 0 radical (unpaired) electrons. The van der Waals surface area contributed by atoms with E-state index < -0.39 is 0 Å². The summed E-state index contributed by atoms with van der Waals surface area (Å²) in [5.41, 5.74) is 4.74. The Labute approximate surface area is 139 Å². The largest absolute Gasteiger partial charge is 0.514 e. The Morgan fingerprint density at radius 2 is 2.21 bits per heavy atom. The van der Waals surface area contributed by atoms with Crippen LogP contribution in [-0.2, 0) is 13.5 Å². The van der Waals surface area contributed by atoms with Crippen molar-refractivity contribution in [2.75, 3.05) is 5.32 Å². The van der Waals surface area contributed by atoms with Crippen LogP contribution in [0.4, 0.5) is 11.5 Å². The van der Waals surface area contributed by atoms with Crippen molar-refractivity contribution >= 4 is 28.1 Å².